The molecule has 0 spiro atoms. The molecule has 5 heteroatoms. The third kappa shape index (κ3) is 5.78. The number of benzene rings is 3. The quantitative estimate of drug-likeness (QED) is 0.384. The first-order valence-electron chi connectivity index (χ1n) is 12.3. The molecular weight excluding hydrogens is 456 g/mol. The molecule has 0 aromatic heterocycles. The van der Waals surface area contributed by atoms with Gasteiger partial charge in [0.25, 0.3) is 0 Å². The third-order valence-corrected chi connectivity index (χ3v) is 6.99. The van der Waals surface area contributed by atoms with E-state index in [9.17, 15) is 4.79 Å². The number of carbonyl (C=O) groups excluding carboxylic acids is 1. The van der Waals surface area contributed by atoms with Gasteiger partial charge >= 0.3 is 5.97 Å². The molecule has 4 nitrogen and oxygen atoms in total. The topological polar surface area (TPSA) is 32.8 Å². The van der Waals surface area contributed by atoms with E-state index in [0.717, 1.165) is 43.9 Å². The van der Waals surface area contributed by atoms with Crippen LogP contribution in [0.5, 0.6) is 0 Å². The molecule has 0 saturated carbocycles. The van der Waals surface area contributed by atoms with Gasteiger partial charge in [-0.1, -0.05) is 99.1 Å². The fourth-order valence-corrected chi connectivity index (χ4v) is 4.98. The SMILES string of the molecule is CC(=O)OC(c1ccccc1)(c1ccc(Cl)cc1)N1CCN(Cc2ccc(C(C)(C)C)cc2)CC1. The fourth-order valence-electron chi connectivity index (χ4n) is 4.85. The van der Waals surface area contributed by atoms with Crippen LogP contribution in [-0.2, 0) is 27.2 Å². The van der Waals surface area contributed by atoms with E-state index in [2.05, 4.69) is 54.8 Å². The van der Waals surface area contributed by atoms with Crippen LogP contribution in [0.1, 0.15) is 49.9 Å². The highest BCUT2D eigenvalue weighted by molar-refractivity contribution is 6.30. The predicted octanol–water partition coefficient (Wildman–Crippen LogP) is 6.22. The third-order valence-electron chi connectivity index (χ3n) is 6.74. The van der Waals surface area contributed by atoms with Crippen LogP contribution in [-0.4, -0.2) is 41.9 Å². The molecule has 0 amide bonds. The monoisotopic (exact) mass is 490 g/mol. The summed E-state index contributed by atoms with van der Waals surface area (Å²) in [6.07, 6.45) is 0. The van der Waals surface area contributed by atoms with E-state index < -0.39 is 5.72 Å². The molecule has 0 radical (unpaired) electrons. The minimum absolute atomic E-state index is 0.156. The molecule has 1 heterocycles. The van der Waals surface area contributed by atoms with Gasteiger partial charge in [0.1, 0.15) is 0 Å². The van der Waals surface area contributed by atoms with Gasteiger partial charge in [-0.15, -0.1) is 0 Å². The second-order valence-corrected chi connectivity index (χ2v) is 10.8. The van der Waals surface area contributed by atoms with Gasteiger partial charge < -0.3 is 4.74 Å². The van der Waals surface area contributed by atoms with Crippen molar-refractivity contribution in [1.29, 1.82) is 0 Å². The molecule has 1 unspecified atom stereocenters. The zero-order valence-corrected chi connectivity index (χ0v) is 21.9. The Hall–Kier alpha value is -2.66. The first-order chi connectivity index (χ1) is 16.7. The smallest absolute Gasteiger partial charge is 0.304 e. The predicted molar refractivity (Wildman–Crippen MR) is 142 cm³/mol. The van der Waals surface area contributed by atoms with E-state index in [4.69, 9.17) is 16.3 Å². The van der Waals surface area contributed by atoms with Gasteiger partial charge in [0.2, 0.25) is 5.72 Å². The fraction of sp³-hybridized carbons (Fsp3) is 0.367. The molecule has 0 bridgehead atoms. The maximum absolute atomic E-state index is 12.4. The van der Waals surface area contributed by atoms with E-state index >= 15 is 0 Å². The van der Waals surface area contributed by atoms with E-state index in [1.165, 1.54) is 18.1 Å². The average molecular weight is 491 g/mol. The number of esters is 1. The van der Waals surface area contributed by atoms with Crippen molar-refractivity contribution in [3.8, 4) is 0 Å². The van der Waals surface area contributed by atoms with Crippen LogP contribution in [0.3, 0.4) is 0 Å². The van der Waals surface area contributed by atoms with Gasteiger partial charge in [-0.25, -0.2) is 0 Å². The molecule has 1 fully saturated rings. The Kier molecular flexibility index (Phi) is 7.65. The molecule has 0 N–H and O–H groups in total. The molecule has 1 atom stereocenters. The van der Waals surface area contributed by atoms with Crippen LogP contribution < -0.4 is 0 Å². The standard InChI is InChI=1S/C30H35ClN2O2/c1-23(34)35-30(26-8-6-5-7-9-26,27-14-16-28(31)17-15-27)33-20-18-32(19-21-33)22-24-10-12-25(13-11-24)29(2,3)4/h5-17H,18-22H2,1-4H3. The molecule has 1 saturated heterocycles. The van der Waals surface area contributed by atoms with Crippen molar-refractivity contribution < 1.29 is 9.53 Å². The summed E-state index contributed by atoms with van der Waals surface area (Å²) in [6, 6.07) is 26.6. The van der Waals surface area contributed by atoms with Crippen molar-refractivity contribution in [3.63, 3.8) is 0 Å². The normalized spacial score (nSPS) is 17.1. The molecular formula is C30H35ClN2O2. The van der Waals surface area contributed by atoms with Gasteiger partial charge in [0, 0.05) is 55.8 Å². The van der Waals surface area contributed by atoms with Gasteiger partial charge in [0.05, 0.1) is 0 Å². The highest BCUT2D eigenvalue weighted by atomic mass is 35.5. The number of nitrogens with zero attached hydrogens (tertiary/aromatic N) is 2. The second-order valence-electron chi connectivity index (χ2n) is 10.3. The minimum Gasteiger partial charge on any atom is -0.435 e. The van der Waals surface area contributed by atoms with Gasteiger partial charge in [-0.05, 0) is 28.7 Å². The lowest BCUT2D eigenvalue weighted by Crippen LogP contribution is -2.57. The Labute approximate surface area is 214 Å². The minimum atomic E-state index is -1.00. The van der Waals surface area contributed by atoms with Crippen LogP contribution in [0, 0.1) is 0 Å². The summed E-state index contributed by atoms with van der Waals surface area (Å²) in [6.45, 7) is 12.4. The Morgan fingerprint density at radius 2 is 1.34 bits per heavy atom. The molecule has 1 aliphatic heterocycles. The lowest BCUT2D eigenvalue weighted by Gasteiger charge is -2.47. The number of halogens is 1. The summed E-state index contributed by atoms with van der Waals surface area (Å²) < 4.78 is 6.21. The summed E-state index contributed by atoms with van der Waals surface area (Å²) in [5.74, 6) is -0.315. The number of hydrogen-bond donors (Lipinski definition) is 0. The van der Waals surface area contributed by atoms with E-state index in [1.54, 1.807) is 0 Å². The maximum atomic E-state index is 12.4. The van der Waals surface area contributed by atoms with Crippen molar-refractivity contribution in [3.05, 3.63) is 106 Å². The highest BCUT2D eigenvalue weighted by Gasteiger charge is 2.45. The van der Waals surface area contributed by atoms with Crippen LogP contribution in [0.25, 0.3) is 0 Å². The molecule has 0 aliphatic carbocycles. The van der Waals surface area contributed by atoms with E-state index in [-0.39, 0.29) is 11.4 Å². The lowest BCUT2D eigenvalue weighted by atomic mass is 9.87. The van der Waals surface area contributed by atoms with Crippen molar-refractivity contribution >= 4 is 17.6 Å². The summed E-state index contributed by atoms with van der Waals surface area (Å²) in [5, 5.41) is 0.654. The highest BCUT2D eigenvalue weighted by Crippen LogP contribution is 2.39. The van der Waals surface area contributed by atoms with Crippen LogP contribution in [0.4, 0.5) is 0 Å². The van der Waals surface area contributed by atoms with Crippen LogP contribution in [0.15, 0.2) is 78.9 Å². The number of rotatable bonds is 6. The number of piperazine rings is 1. The molecule has 3 aromatic carbocycles. The molecule has 35 heavy (non-hydrogen) atoms. The van der Waals surface area contributed by atoms with E-state index in [0.29, 0.717) is 5.02 Å². The largest absolute Gasteiger partial charge is 0.435 e. The Morgan fingerprint density at radius 1 is 0.800 bits per heavy atom. The lowest BCUT2D eigenvalue weighted by molar-refractivity contribution is -0.179. The summed E-state index contributed by atoms with van der Waals surface area (Å²) in [7, 11) is 0. The maximum Gasteiger partial charge on any atom is 0.304 e. The summed E-state index contributed by atoms with van der Waals surface area (Å²) in [4.78, 5) is 17.2. The molecule has 3 aromatic rings. The number of ether oxygens (including phenoxy) is 1. The Bertz CT molecular complexity index is 1120. The molecule has 1 aliphatic rings. The number of carbonyl (C=O) groups is 1. The van der Waals surface area contributed by atoms with Gasteiger partial charge in [0.15, 0.2) is 0 Å². The first-order valence-corrected chi connectivity index (χ1v) is 12.6. The first kappa shape index (κ1) is 25.4. The Morgan fingerprint density at radius 3 is 1.89 bits per heavy atom. The number of hydrogen-bond acceptors (Lipinski definition) is 4. The zero-order valence-electron chi connectivity index (χ0n) is 21.1. The Balaban J connectivity index is 1.58. The van der Waals surface area contributed by atoms with E-state index in [1.807, 2.05) is 54.6 Å². The van der Waals surface area contributed by atoms with Crippen molar-refractivity contribution in [2.45, 2.75) is 45.4 Å². The molecule has 184 valence electrons. The van der Waals surface area contributed by atoms with Crippen molar-refractivity contribution in [1.82, 2.24) is 9.80 Å². The van der Waals surface area contributed by atoms with Gasteiger partial charge in [-0.3, -0.25) is 14.6 Å². The average Bonchev–Trinajstić information content (AvgIpc) is 2.84. The zero-order chi connectivity index (χ0) is 25.1. The van der Waals surface area contributed by atoms with Crippen LogP contribution >= 0.6 is 11.6 Å². The van der Waals surface area contributed by atoms with Gasteiger partial charge in [-0.2, -0.15) is 0 Å². The van der Waals surface area contributed by atoms with Crippen molar-refractivity contribution in [2.24, 2.45) is 0 Å². The van der Waals surface area contributed by atoms with Crippen LogP contribution in [0.2, 0.25) is 5.02 Å². The summed E-state index contributed by atoms with van der Waals surface area (Å²) >= 11 is 6.20. The second kappa shape index (κ2) is 10.5. The van der Waals surface area contributed by atoms with Crippen molar-refractivity contribution in [2.75, 3.05) is 26.2 Å². The molecule has 4 rings (SSSR count). The summed E-state index contributed by atoms with van der Waals surface area (Å²) in [5.41, 5.74) is 3.65.